The van der Waals surface area contributed by atoms with Crippen LogP contribution in [0.15, 0.2) is 18.2 Å². The Morgan fingerprint density at radius 1 is 1.30 bits per heavy atom. The summed E-state index contributed by atoms with van der Waals surface area (Å²) >= 11 is 0. The number of aryl methyl sites for hydroxylation is 1. The second-order valence-corrected chi connectivity index (χ2v) is 6.98. The van der Waals surface area contributed by atoms with Crippen LogP contribution in [0, 0.1) is 6.92 Å². The molecule has 112 valence electrons. The molecule has 3 nitrogen and oxygen atoms in total. The number of rotatable bonds is 3. The van der Waals surface area contributed by atoms with Crippen molar-refractivity contribution in [1.29, 1.82) is 0 Å². The molecule has 0 aliphatic carbocycles. The van der Waals surface area contributed by atoms with Crippen molar-refractivity contribution in [2.75, 3.05) is 0 Å². The van der Waals surface area contributed by atoms with Gasteiger partial charge in [-0.3, -0.25) is 0 Å². The minimum atomic E-state index is -0.451. The molecule has 2 atom stereocenters. The zero-order chi connectivity index (χ0) is 15.1. The van der Waals surface area contributed by atoms with E-state index in [2.05, 4.69) is 27.7 Å². The molecule has 0 spiro atoms. The van der Waals surface area contributed by atoms with Crippen molar-refractivity contribution < 1.29 is 14.6 Å². The van der Waals surface area contributed by atoms with Crippen molar-refractivity contribution >= 4 is 0 Å². The van der Waals surface area contributed by atoms with Gasteiger partial charge in [-0.2, -0.15) is 0 Å². The third-order valence-electron chi connectivity index (χ3n) is 3.94. The van der Waals surface area contributed by atoms with Gasteiger partial charge in [0.25, 0.3) is 0 Å². The highest BCUT2D eigenvalue weighted by Crippen LogP contribution is 2.40. The summed E-state index contributed by atoms with van der Waals surface area (Å²) in [6.07, 6.45) is 0.457. The van der Waals surface area contributed by atoms with Crippen molar-refractivity contribution in [3.63, 3.8) is 0 Å². The van der Waals surface area contributed by atoms with Crippen LogP contribution in [0.25, 0.3) is 0 Å². The van der Waals surface area contributed by atoms with Crippen LogP contribution >= 0.6 is 0 Å². The van der Waals surface area contributed by atoms with Crippen LogP contribution in [0.2, 0.25) is 0 Å². The highest BCUT2D eigenvalue weighted by Gasteiger charge is 2.47. The Hall–Kier alpha value is -1.06. The molecule has 0 radical (unpaired) electrons. The molecule has 0 bridgehead atoms. The van der Waals surface area contributed by atoms with Gasteiger partial charge in [-0.15, -0.1) is 0 Å². The van der Waals surface area contributed by atoms with Gasteiger partial charge in [0.1, 0.15) is 17.5 Å². The minimum absolute atomic E-state index is 0.0357. The molecule has 0 saturated carbocycles. The fraction of sp³-hybridized carbons (Fsp3) is 0.647. The fourth-order valence-electron chi connectivity index (χ4n) is 2.91. The zero-order valence-electron chi connectivity index (χ0n) is 13.4. The first-order chi connectivity index (χ1) is 9.11. The second-order valence-electron chi connectivity index (χ2n) is 6.98. The lowest BCUT2D eigenvalue weighted by Gasteiger charge is -2.28. The van der Waals surface area contributed by atoms with Crippen molar-refractivity contribution in [3.8, 4) is 5.75 Å². The maximum atomic E-state index is 9.61. The van der Waals surface area contributed by atoms with E-state index in [4.69, 9.17) is 9.47 Å². The first kappa shape index (κ1) is 15.3. The van der Waals surface area contributed by atoms with Crippen molar-refractivity contribution in [3.05, 3.63) is 29.3 Å². The average Bonchev–Trinajstić information content (AvgIpc) is 2.49. The number of aliphatic hydroxyl groups is 1. The molecule has 1 fully saturated rings. The van der Waals surface area contributed by atoms with Crippen LogP contribution in [-0.4, -0.2) is 22.4 Å². The van der Waals surface area contributed by atoms with E-state index in [9.17, 15) is 5.11 Å². The van der Waals surface area contributed by atoms with Crippen LogP contribution < -0.4 is 4.74 Å². The summed E-state index contributed by atoms with van der Waals surface area (Å²) in [5, 5.41) is 9.61. The van der Waals surface area contributed by atoms with Crippen LogP contribution in [0.5, 0.6) is 5.75 Å². The number of aliphatic hydroxyl groups excluding tert-OH is 1. The molecule has 1 heterocycles. The van der Waals surface area contributed by atoms with Gasteiger partial charge in [-0.25, -0.2) is 0 Å². The topological polar surface area (TPSA) is 38.7 Å². The summed E-state index contributed by atoms with van der Waals surface area (Å²) in [5.74, 6) is 0.869. The van der Waals surface area contributed by atoms with E-state index in [0.29, 0.717) is 0 Å². The monoisotopic (exact) mass is 278 g/mol. The quantitative estimate of drug-likeness (QED) is 0.914. The normalized spacial score (nSPS) is 25.4. The molecule has 1 aromatic rings. The summed E-state index contributed by atoms with van der Waals surface area (Å²) < 4.78 is 12.2. The lowest BCUT2D eigenvalue weighted by Crippen LogP contribution is -2.36. The molecule has 0 amide bonds. The Morgan fingerprint density at radius 3 is 2.40 bits per heavy atom. The van der Waals surface area contributed by atoms with Crippen LogP contribution in [-0.2, 0) is 4.74 Å². The summed E-state index contributed by atoms with van der Waals surface area (Å²) in [5.41, 5.74) is 1.52. The Balaban J connectivity index is 2.18. The highest BCUT2D eigenvalue weighted by molar-refractivity contribution is 5.37. The van der Waals surface area contributed by atoms with Crippen LogP contribution in [0.4, 0.5) is 0 Å². The molecule has 1 saturated heterocycles. The van der Waals surface area contributed by atoms with Gasteiger partial charge in [0.2, 0.25) is 0 Å². The fourth-order valence-corrected chi connectivity index (χ4v) is 2.91. The summed E-state index contributed by atoms with van der Waals surface area (Å²) in [4.78, 5) is 0. The molecule has 20 heavy (non-hydrogen) atoms. The van der Waals surface area contributed by atoms with Gasteiger partial charge in [0, 0.05) is 6.42 Å². The Kier molecular flexibility index (Phi) is 3.87. The first-order valence-corrected chi connectivity index (χ1v) is 7.26. The standard InChI is InChI=1S/C17H26O3/c1-11-9-13(12(2)18)7-8-14(11)19-15-10-16(3,4)20-17(15,5)6/h7-9,12,15,18H,10H2,1-6H3. The number of hydrogen-bond acceptors (Lipinski definition) is 3. The Morgan fingerprint density at radius 2 is 1.95 bits per heavy atom. The molecule has 1 aliphatic rings. The molecule has 0 aromatic heterocycles. The van der Waals surface area contributed by atoms with E-state index in [1.807, 2.05) is 25.1 Å². The van der Waals surface area contributed by atoms with E-state index >= 15 is 0 Å². The third kappa shape index (κ3) is 3.15. The van der Waals surface area contributed by atoms with Gasteiger partial charge >= 0.3 is 0 Å². The number of hydrogen-bond donors (Lipinski definition) is 1. The van der Waals surface area contributed by atoms with Crippen molar-refractivity contribution in [2.45, 2.75) is 71.4 Å². The van der Waals surface area contributed by atoms with E-state index in [-0.39, 0.29) is 17.3 Å². The zero-order valence-corrected chi connectivity index (χ0v) is 13.4. The molecule has 1 N–H and O–H groups in total. The molecule has 2 rings (SSSR count). The summed E-state index contributed by atoms with van der Waals surface area (Å²) in [7, 11) is 0. The lowest BCUT2D eigenvalue weighted by molar-refractivity contribution is -0.0846. The third-order valence-corrected chi connectivity index (χ3v) is 3.94. The molecule has 1 aliphatic heterocycles. The number of ether oxygens (including phenoxy) is 2. The van der Waals surface area contributed by atoms with Crippen LogP contribution in [0.1, 0.15) is 58.3 Å². The van der Waals surface area contributed by atoms with Gasteiger partial charge < -0.3 is 14.6 Å². The van der Waals surface area contributed by atoms with E-state index in [1.165, 1.54) is 0 Å². The predicted octanol–water partition coefficient (Wildman–Crippen LogP) is 3.77. The summed E-state index contributed by atoms with van der Waals surface area (Å²) in [6, 6.07) is 5.84. The molecule has 2 unspecified atom stereocenters. The maximum absolute atomic E-state index is 9.61. The molecule has 3 heteroatoms. The Bertz CT molecular complexity index is 489. The van der Waals surface area contributed by atoms with Gasteiger partial charge in [0.05, 0.1) is 11.7 Å². The van der Waals surface area contributed by atoms with Gasteiger partial charge in [-0.05, 0) is 64.8 Å². The highest BCUT2D eigenvalue weighted by atomic mass is 16.6. The Labute approximate surface area is 121 Å². The molecule has 1 aromatic carbocycles. The van der Waals surface area contributed by atoms with Gasteiger partial charge in [0.15, 0.2) is 0 Å². The number of benzene rings is 1. The second kappa shape index (κ2) is 5.05. The van der Waals surface area contributed by atoms with E-state index in [1.54, 1.807) is 6.92 Å². The van der Waals surface area contributed by atoms with E-state index in [0.717, 1.165) is 23.3 Å². The van der Waals surface area contributed by atoms with E-state index < -0.39 is 6.10 Å². The minimum Gasteiger partial charge on any atom is -0.487 e. The molecular weight excluding hydrogens is 252 g/mol. The predicted molar refractivity (Wildman–Crippen MR) is 80.1 cm³/mol. The lowest BCUT2D eigenvalue weighted by atomic mass is 9.97. The average molecular weight is 278 g/mol. The first-order valence-electron chi connectivity index (χ1n) is 7.26. The summed E-state index contributed by atoms with van der Waals surface area (Å²) in [6.45, 7) is 12.1. The SMILES string of the molecule is Cc1cc(C(C)O)ccc1OC1CC(C)(C)OC1(C)C. The molecular formula is C17H26O3. The van der Waals surface area contributed by atoms with Gasteiger partial charge in [-0.1, -0.05) is 6.07 Å². The smallest absolute Gasteiger partial charge is 0.130 e. The van der Waals surface area contributed by atoms with Crippen molar-refractivity contribution in [1.82, 2.24) is 0 Å². The van der Waals surface area contributed by atoms with Crippen LogP contribution in [0.3, 0.4) is 0 Å². The van der Waals surface area contributed by atoms with Crippen molar-refractivity contribution in [2.24, 2.45) is 0 Å². The maximum Gasteiger partial charge on any atom is 0.130 e. The largest absolute Gasteiger partial charge is 0.487 e.